The first kappa shape index (κ1) is 11.5. The van der Waals surface area contributed by atoms with Crippen molar-refractivity contribution < 1.29 is 0 Å². The normalized spacial score (nSPS) is 19.2. The van der Waals surface area contributed by atoms with Gasteiger partial charge in [-0.1, -0.05) is 6.07 Å². The number of rotatable bonds is 4. The highest BCUT2D eigenvalue weighted by Crippen LogP contribution is 2.33. The molecule has 17 heavy (non-hydrogen) atoms. The average Bonchev–Trinajstić information content (AvgIpc) is 2.99. The molecule has 1 aliphatic carbocycles. The van der Waals surface area contributed by atoms with Crippen LogP contribution in [0.1, 0.15) is 34.2 Å². The molecule has 3 heteroatoms. The van der Waals surface area contributed by atoms with Crippen LogP contribution in [0.5, 0.6) is 0 Å². The van der Waals surface area contributed by atoms with E-state index in [0.717, 1.165) is 13.0 Å². The number of nitrogens with one attached hydrogen (secondary N) is 1. The van der Waals surface area contributed by atoms with Crippen molar-refractivity contribution in [1.82, 2.24) is 5.32 Å². The molecule has 90 valence electrons. The fourth-order valence-corrected chi connectivity index (χ4v) is 4.22. The van der Waals surface area contributed by atoms with Crippen molar-refractivity contribution in [1.29, 1.82) is 0 Å². The maximum Gasteiger partial charge on any atom is 0.0331 e. The van der Waals surface area contributed by atoms with Gasteiger partial charge < -0.3 is 5.32 Å². The Bertz CT molecular complexity index is 458. The molecular formula is C14H17NS2. The largest absolute Gasteiger partial charge is 0.310 e. The van der Waals surface area contributed by atoms with Crippen molar-refractivity contribution in [2.45, 2.75) is 31.7 Å². The molecule has 0 radical (unpaired) electrons. The number of fused-ring (bicyclic) bond motifs is 1. The van der Waals surface area contributed by atoms with E-state index in [2.05, 4.69) is 34.3 Å². The third-order valence-corrected chi connectivity index (χ3v) is 5.33. The summed E-state index contributed by atoms with van der Waals surface area (Å²) < 4.78 is 0. The molecule has 2 heterocycles. The number of thiophene rings is 2. The fourth-order valence-electron chi connectivity index (χ4n) is 2.52. The summed E-state index contributed by atoms with van der Waals surface area (Å²) in [5, 5.41) is 8.12. The average molecular weight is 263 g/mol. The molecule has 0 bridgehead atoms. The van der Waals surface area contributed by atoms with E-state index in [4.69, 9.17) is 0 Å². The van der Waals surface area contributed by atoms with Crippen LogP contribution in [-0.4, -0.2) is 6.54 Å². The van der Waals surface area contributed by atoms with Gasteiger partial charge >= 0.3 is 0 Å². The molecule has 1 unspecified atom stereocenters. The maximum atomic E-state index is 3.72. The summed E-state index contributed by atoms with van der Waals surface area (Å²) in [4.78, 5) is 3.09. The topological polar surface area (TPSA) is 12.0 Å². The van der Waals surface area contributed by atoms with E-state index < -0.39 is 0 Å². The van der Waals surface area contributed by atoms with E-state index >= 15 is 0 Å². The zero-order chi connectivity index (χ0) is 11.5. The van der Waals surface area contributed by atoms with Gasteiger partial charge in [0.1, 0.15) is 0 Å². The summed E-state index contributed by atoms with van der Waals surface area (Å²) in [7, 11) is 0. The van der Waals surface area contributed by atoms with Gasteiger partial charge in [0.15, 0.2) is 0 Å². The highest BCUT2D eigenvalue weighted by atomic mass is 32.1. The Morgan fingerprint density at radius 1 is 1.24 bits per heavy atom. The van der Waals surface area contributed by atoms with Gasteiger partial charge in [-0.3, -0.25) is 0 Å². The predicted molar refractivity (Wildman–Crippen MR) is 76.0 cm³/mol. The Morgan fingerprint density at radius 2 is 2.24 bits per heavy atom. The molecule has 0 amide bonds. The van der Waals surface area contributed by atoms with Gasteiger partial charge in [-0.25, -0.2) is 0 Å². The van der Waals surface area contributed by atoms with Gasteiger partial charge in [0.25, 0.3) is 0 Å². The molecule has 0 aliphatic heterocycles. The summed E-state index contributed by atoms with van der Waals surface area (Å²) in [6.45, 7) is 1.10. The Balaban J connectivity index is 1.57. The quantitative estimate of drug-likeness (QED) is 0.878. The highest BCUT2D eigenvalue weighted by molar-refractivity contribution is 7.10. The van der Waals surface area contributed by atoms with Gasteiger partial charge in [0.05, 0.1) is 0 Å². The van der Waals surface area contributed by atoms with Crippen LogP contribution in [-0.2, 0) is 12.8 Å². The Kier molecular flexibility index (Phi) is 3.60. The fraction of sp³-hybridized carbons (Fsp3) is 0.429. The summed E-state index contributed by atoms with van der Waals surface area (Å²) >= 11 is 3.78. The lowest BCUT2D eigenvalue weighted by atomic mass is 9.94. The van der Waals surface area contributed by atoms with E-state index in [1.54, 1.807) is 10.4 Å². The first-order valence-electron chi connectivity index (χ1n) is 6.25. The lowest BCUT2D eigenvalue weighted by Crippen LogP contribution is -2.26. The summed E-state index contributed by atoms with van der Waals surface area (Å²) in [5.74, 6) is 0. The lowest BCUT2D eigenvalue weighted by molar-refractivity contribution is 0.467. The Hall–Kier alpha value is -0.640. The molecule has 0 saturated carbocycles. The van der Waals surface area contributed by atoms with E-state index in [0.29, 0.717) is 6.04 Å². The van der Waals surface area contributed by atoms with Gasteiger partial charge in [0.2, 0.25) is 0 Å². The van der Waals surface area contributed by atoms with Gasteiger partial charge in [-0.2, -0.15) is 0 Å². The molecule has 2 aromatic heterocycles. The molecule has 0 spiro atoms. The van der Waals surface area contributed by atoms with Gasteiger partial charge in [-0.15, -0.1) is 22.7 Å². The molecular weight excluding hydrogens is 246 g/mol. The number of hydrogen-bond acceptors (Lipinski definition) is 3. The monoisotopic (exact) mass is 263 g/mol. The predicted octanol–water partition coefficient (Wildman–Crippen LogP) is 4.02. The molecule has 1 N–H and O–H groups in total. The highest BCUT2D eigenvalue weighted by Gasteiger charge is 2.20. The molecule has 0 aromatic carbocycles. The molecule has 2 aromatic rings. The third kappa shape index (κ3) is 2.62. The zero-order valence-electron chi connectivity index (χ0n) is 9.82. The minimum Gasteiger partial charge on any atom is -0.310 e. The summed E-state index contributed by atoms with van der Waals surface area (Å²) in [6, 6.07) is 7.27. The standard InChI is InChI=1S/C14H17NS2/c1-4-13(12-7-10-17-14(12)5-1)15-8-6-11-3-2-9-16-11/h2-3,7,9-10,13,15H,1,4-6,8H2. The SMILES string of the molecule is c1csc(CCNC2CCCc3sccc32)c1. The second kappa shape index (κ2) is 5.34. The summed E-state index contributed by atoms with van der Waals surface area (Å²) in [6.07, 6.45) is 5.09. The molecule has 1 atom stereocenters. The first-order valence-corrected chi connectivity index (χ1v) is 8.01. The van der Waals surface area contributed by atoms with Crippen molar-refractivity contribution in [3.63, 3.8) is 0 Å². The third-order valence-electron chi connectivity index (χ3n) is 3.39. The van der Waals surface area contributed by atoms with Gasteiger partial charge in [-0.05, 0) is 54.1 Å². The second-order valence-electron chi connectivity index (χ2n) is 4.53. The molecule has 1 nitrogen and oxygen atoms in total. The zero-order valence-corrected chi connectivity index (χ0v) is 11.4. The van der Waals surface area contributed by atoms with Gasteiger partial charge in [0, 0.05) is 22.3 Å². The van der Waals surface area contributed by atoms with Crippen molar-refractivity contribution >= 4 is 22.7 Å². The van der Waals surface area contributed by atoms with E-state index in [1.807, 2.05) is 22.7 Å². The van der Waals surface area contributed by atoms with Crippen LogP contribution in [0.25, 0.3) is 0 Å². The lowest BCUT2D eigenvalue weighted by Gasteiger charge is -2.23. The Labute approximate surface area is 111 Å². The van der Waals surface area contributed by atoms with Crippen LogP contribution in [0.15, 0.2) is 29.0 Å². The van der Waals surface area contributed by atoms with Crippen LogP contribution in [0, 0.1) is 0 Å². The van der Waals surface area contributed by atoms with E-state index in [1.165, 1.54) is 24.1 Å². The van der Waals surface area contributed by atoms with Crippen LogP contribution >= 0.6 is 22.7 Å². The maximum absolute atomic E-state index is 3.72. The number of aryl methyl sites for hydroxylation is 1. The summed E-state index contributed by atoms with van der Waals surface area (Å²) in [5.41, 5.74) is 1.56. The molecule has 1 aliphatic rings. The van der Waals surface area contributed by atoms with Crippen LogP contribution in [0.3, 0.4) is 0 Å². The van der Waals surface area contributed by atoms with Crippen molar-refractivity contribution in [3.05, 3.63) is 44.3 Å². The van der Waals surface area contributed by atoms with Crippen LogP contribution < -0.4 is 5.32 Å². The first-order chi connectivity index (χ1) is 8.43. The van der Waals surface area contributed by atoms with E-state index in [-0.39, 0.29) is 0 Å². The molecule has 0 fully saturated rings. The minimum atomic E-state index is 0.602. The van der Waals surface area contributed by atoms with Crippen LogP contribution in [0.2, 0.25) is 0 Å². The van der Waals surface area contributed by atoms with Crippen molar-refractivity contribution in [2.75, 3.05) is 6.54 Å². The molecule has 3 rings (SSSR count). The Morgan fingerprint density at radius 3 is 3.12 bits per heavy atom. The second-order valence-corrected chi connectivity index (χ2v) is 6.56. The number of hydrogen-bond donors (Lipinski definition) is 1. The van der Waals surface area contributed by atoms with Crippen molar-refractivity contribution in [2.24, 2.45) is 0 Å². The van der Waals surface area contributed by atoms with Crippen molar-refractivity contribution in [3.8, 4) is 0 Å². The van der Waals surface area contributed by atoms with Crippen LogP contribution in [0.4, 0.5) is 0 Å². The molecule has 0 saturated heterocycles. The smallest absolute Gasteiger partial charge is 0.0331 e. The minimum absolute atomic E-state index is 0.602. The van der Waals surface area contributed by atoms with E-state index in [9.17, 15) is 0 Å².